The van der Waals surface area contributed by atoms with Crippen LogP contribution in [0, 0.1) is 13.8 Å². The number of carbonyl (C=O) groups excluding carboxylic acids is 2. The lowest BCUT2D eigenvalue weighted by Gasteiger charge is -2.08. The predicted octanol–water partition coefficient (Wildman–Crippen LogP) is 3.99. The first-order valence-electron chi connectivity index (χ1n) is 8.68. The largest absolute Gasteiger partial charge is 0.482 e. The number of nitrogens with one attached hydrogen (secondary N) is 1. The molecule has 1 aromatic heterocycles. The topological polar surface area (TPSA) is 77.5 Å². The number of nitrogens with zero attached hydrogens (tertiary/aromatic N) is 1. The van der Waals surface area contributed by atoms with Gasteiger partial charge in [-0.1, -0.05) is 48.0 Å². The number of aryl methyl sites for hydroxylation is 2. The lowest BCUT2D eigenvalue weighted by molar-refractivity contribution is -0.149. The van der Waals surface area contributed by atoms with Crippen molar-refractivity contribution in [1.29, 1.82) is 0 Å². The van der Waals surface area contributed by atoms with Gasteiger partial charge in [0.25, 0.3) is 5.91 Å². The van der Waals surface area contributed by atoms with Crippen molar-refractivity contribution in [2.24, 2.45) is 0 Å². The summed E-state index contributed by atoms with van der Waals surface area (Å²) in [7, 11) is 0. The van der Waals surface area contributed by atoms with E-state index in [1.54, 1.807) is 6.07 Å². The highest BCUT2D eigenvalue weighted by atomic mass is 32.1. The first-order valence-corrected chi connectivity index (χ1v) is 9.56. The fraction of sp³-hybridized carbons (Fsp3) is 0.190. The number of amides is 1. The third-order valence-electron chi connectivity index (χ3n) is 3.90. The van der Waals surface area contributed by atoms with Crippen molar-refractivity contribution < 1.29 is 19.1 Å². The molecule has 2 aromatic carbocycles. The van der Waals surface area contributed by atoms with Gasteiger partial charge in [0, 0.05) is 10.9 Å². The van der Waals surface area contributed by atoms with Crippen LogP contribution in [0.4, 0.5) is 5.13 Å². The zero-order valence-corrected chi connectivity index (χ0v) is 16.4. The molecule has 0 radical (unpaired) electrons. The van der Waals surface area contributed by atoms with Gasteiger partial charge in [0.2, 0.25) is 0 Å². The molecule has 6 nitrogen and oxygen atoms in total. The first-order chi connectivity index (χ1) is 13.5. The first kappa shape index (κ1) is 19.6. The van der Waals surface area contributed by atoms with Crippen molar-refractivity contribution in [1.82, 2.24) is 4.98 Å². The predicted molar refractivity (Wildman–Crippen MR) is 109 cm³/mol. The average molecular weight is 396 g/mol. The monoisotopic (exact) mass is 396 g/mol. The molecule has 3 aromatic rings. The van der Waals surface area contributed by atoms with Crippen molar-refractivity contribution in [3.05, 3.63) is 65.0 Å². The Bertz CT molecular complexity index is 967. The maximum Gasteiger partial charge on any atom is 0.344 e. The molecule has 0 atom stereocenters. The number of rotatable bonds is 7. The lowest BCUT2D eigenvalue weighted by atomic mass is 10.1. The summed E-state index contributed by atoms with van der Waals surface area (Å²) >= 11 is 1.31. The summed E-state index contributed by atoms with van der Waals surface area (Å²) in [6, 6.07) is 15.3. The number of para-hydroxylation sites is 1. The Morgan fingerprint density at radius 3 is 2.54 bits per heavy atom. The highest BCUT2D eigenvalue weighted by molar-refractivity contribution is 7.14. The van der Waals surface area contributed by atoms with E-state index in [1.165, 1.54) is 16.9 Å². The number of thiazole rings is 1. The number of anilines is 1. The Hall–Kier alpha value is -3.19. The molecule has 0 aliphatic carbocycles. The summed E-state index contributed by atoms with van der Waals surface area (Å²) in [4.78, 5) is 28.1. The Labute approximate surface area is 167 Å². The maximum absolute atomic E-state index is 12.0. The van der Waals surface area contributed by atoms with E-state index in [4.69, 9.17) is 9.47 Å². The zero-order chi connectivity index (χ0) is 19.9. The minimum atomic E-state index is -0.613. The minimum absolute atomic E-state index is 0.257. The second-order valence-electron chi connectivity index (χ2n) is 6.17. The van der Waals surface area contributed by atoms with Gasteiger partial charge in [0.1, 0.15) is 5.75 Å². The van der Waals surface area contributed by atoms with Crippen LogP contribution >= 0.6 is 11.3 Å². The number of benzene rings is 2. The quantitative estimate of drug-likeness (QED) is 0.611. The molecule has 0 bridgehead atoms. The van der Waals surface area contributed by atoms with Gasteiger partial charge in [-0.15, -0.1) is 11.3 Å². The summed E-state index contributed by atoms with van der Waals surface area (Å²) in [5, 5.41) is 4.95. The van der Waals surface area contributed by atoms with Gasteiger partial charge < -0.3 is 9.47 Å². The van der Waals surface area contributed by atoms with E-state index in [2.05, 4.69) is 10.3 Å². The number of hydrogen-bond donors (Lipinski definition) is 1. The van der Waals surface area contributed by atoms with Crippen LogP contribution in [-0.4, -0.2) is 30.1 Å². The molecule has 3 rings (SSSR count). The summed E-state index contributed by atoms with van der Waals surface area (Å²) in [5.41, 5.74) is 3.84. The fourth-order valence-electron chi connectivity index (χ4n) is 2.39. The molecule has 1 heterocycles. The van der Waals surface area contributed by atoms with Gasteiger partial charge in [-0.05, 0) is 25.5 Å². The van der Waals surface area contributed by atoms with Crippen molar-refractivity contribution in [2.75, 3.05) is 18.5 Å². The second kappa shape index (κ2) is 9.14. The van der Waals surface area contributed by atoms with Crippen molar-refractivity contribution >= 4 is 28.3 Å². The zero-order valence-electron chi connectivity index (χ0n) is 15.6. The van der Waals surface area contributed by atoms with E-state index in [0.717, 1.165) is 16.8 Å². The van der Waals surface area contributed by atoms with Crippen LogP contribution in [0.1, 0.15) is 11.1 Å². The highest BCUT2D eigenvalue weighted by Gasteiger charge is 2.12. The van der Waals surface area contributed by atoms with Crippen LogP contribution in [0.15, 0.2) is 53.9 Å². The Morgan fingerprint density at radius 2 is 1.79 bits per heavy atom. The number of aromatic nitrogens is 1. The third-order valence-corrected chi connectivity index (χ3v) is 4.66. The van der Waals surface area contributed by atoms with Crippen LogP contribution in [0.25, 0.3) is 11.3 Å². The number of esters is 1. The molecule has 1 amide bonds. The van der Waals surface area contributed by atoms with Crippen LogP contribution in [-0.2, 0) is 14.3 Å². The normalized spacial score (nSPS) is 10.4. The van der Waals surface area contributed by atoms with Gasteiger partial charge in [0.15, 0.2) is 18.3 Å². The van der Waals surface area contributed by atoms with E-state index in [1.807, 2.05) is 61.7 Å². The highest BCUT2D eigenvalue weighted by Crippen LogP contribution is 2.25. The van der Waals surface area contributed by atoms with E-state index in [9.17, 15) is 9.59 Å². The Balaban J connectivity index is 1.45. The number of hydrogen-bond acceptors (Lipinski definition) is 6. The summed E-state index contributed by atoms with van der Waals surface area (Å²) in [6.45, 7) is 3.25. The van der Waals surface area contributed by atoms with Crippen molar-refractivity contribution in [3.8, 4) is 17.0 Å². The van der Waals surface area contributed by atoms with Gasteiger partial charge in [-0.3, -0.25) is 10.1 Å². The molecule has 0 aliphatic rings. The molecule has 1 N–H and O–H groups in total. The molecule has 0 spiro atoms. The average Bonchev–Trinajstić information content (AvgIpc) is 3.14. The van der Waals surface area contributed by atoms with Crippen LogP contribution < -0.4 is 10.1 Å². The van der Waals surface area contributed by atoms with Crippen molar-refractivity contribution in [2.45, 2.75) is 13.8 Å². The molecule has 0 saturated carbocycles. The maximum atomic E-state index is 12.0. The SMILES string of the molecule is Cc1ccc(-c2csc(NC(=O)COC(=O)COc3ccccc3C)n2)cc1. The smallest absolute Gasteiger partial charge is 0.344 e. The molecule has 0 aliphatic heterocycles. The van der Waals surface area contributed by atoms with E-state index < -0.39 is 18.5 Å². The van der Waals surface area contributed by atoms with Gasteiger partial charge in [-0.25, -0.2) is 9.78 Å². The van der Waals surface area contributed by atoms with Crippen LogP contribution in [0.2, 0.25) is 0 Å². The standard InChI is InChI=1S/C21H20N2O4S/c1-14-7-9-16(10-8-14)17-13-28-21(22-17)23-19(24)11-27-20(25)12-26-18-6-4-3-5-15(18)2/h3-10,13H,11-12H2,1-2H3,(H,22,23,24). The van der Waals surface area contributed by atoms with E-state index in [-0.39, 0.29) is 6.61 Å². The molecule has 7 heteroatoms. The minimum Gasteiger partial charge on any atom is -0.482 e. The summed E-state index contributed by atoms with van der Waals surface area (Å²) < 4.78 is 10.3. The number of carbonyl (C=O) groups is 2. The van der Waals surface area contributed by atoms with Crippen molar-refractivity contribution in [3.63, 3.8) is 0 Å². The second-order valence-corrected chi connectivity index (χ2v) is 7.03. The molecular formula is C21H20N2O4S. The van der Waals surface area contributed by atoms with Crippen LogP contribution in [0.5, 0.6) is 5.75 Å². The fourth-order valence-corrected chi connectivity index (χ4v) is 3.12. The van der Waals surface area contributed by atoms with Gasteiger partial charge in [0.05, 0.1) is 5.69 Å². The summed E-state index contributed by atoms with van der Waals surface area (Å²) in [6.07, 6.45) is 0. The van der Waals surface area contributed by atoms with Crippen LogP contribution in [0.3, 0.4) is 0 Å². The molecule has 0 saturated heterocycles. The lowest BCUT2D eigenvalue weighted by Crippen LogP contribution is -2.23. The van der Waals surface area contributed by atoms with E-state index >= 15 is 0 Å². The summed E-state index contributed by atoms with van der Waals surface area (Å²) in [5.74, 6) is -0.456. The van der Waals surface area contributed by atoms with E-state index in [0.29, 0.717) is 10.9 Å². The Morgan fingerprint density at radius 1 is 1.04 bits per heavy atom. The molecule has 0 unspecified atom stereocenters. The third kappa shape index (κ3) is 5.40. The Kier molecular flexibility index (Phi) is 6.39. The molecule has 144 valence electrons. The molecular weight excluding hydrogens is 376 g/mol. The molecule has 0 fully saturated rings. The number of ether oxygens (including phenoxy) is 2. The van der Waals surface area contributed by atoms with Gasteiger partial charge >= 0.3 is 5.97 Å². The van der Waals surface area contributed by atoms with Gasteiger partial charge in [-0.2, -0.15) is 0 Å². The molecule has 28 heavy (non-hydrogen) atoms.